The van der Waals surface area contributed by atoms with Crippen LogP contribution in [0.15, 0.2) is 30.7 Å². The summed E-state index contributed by atoms with van der Waals surface area (Å²) in [6, 6.07) is 3.23. The summed E-state index contributed by atoms with van der Waals surface area (Å²) in [6.45, 7) is 0. The Bertz CT molecular complexity index is 394. The van der Waals surface area contributed by atoms with Gasteiger partial charge in [0.25, 0.3) is 0 Å². The smallest absolute Gasteiger partial charge is 0.189 e. The van der Waals surface area contributed by atoms with Gasteiger partial charge in [-0.25, -0.2) is 0 Å². The highest BCUT2D eigenvalue weighted by Crippen LogP contribution is 2.09. The molecule has 11 heavy (non-hydrogen) atoms. The predicted molar refractivity (Wildman–Crippen MR) is 38.1 cm³/mol. The number of rotatable bonds is 0. The lowest BCUT2D eigenvalue weighted by Gasteiger charge is -1.95. The molecule has 0 saturated carbocycles. The van der Waals surface area contributed by atoms with Crippen LogP contribution in [0, 0.1) is 5.21 Å². The highest BCUT2D eigenvalue weighted by atomic mass is 16.5. The van der Waals surface area contributed by atoms with Gasteiger partial charge in [-0.2, -0.15) is 9.46 Å². The summed E-state index contributed by atoms with van der Waals surface area (Å²) < 4.78 is 1.68. The highest BCUT2D eigenvalue weighted by molar-refractivity contribution is 5.77. The molecule has 0 bridgehead atoms. The molecule has 0 aromatic carbocycles. The zero-order valence-corrected chi connectivity index (χ0v) is 5.64. The summed E-state index contributed by atoms with van der Waals surface area (Å²) >= 11 is 0. The molecule has 0 spiro atoms. The van der Waals surface area contributed by atoms with E-state index in [0.29, 0.717) is 10.2 Å². The van der Waals surface area contributed by atoms with Crippen molar-refractivity contribution >= 4 is 10.9 Å². The van der Waals surface area contributed by atoms with Gasteiger partial charge in [0.1, 0.15) is 0 Å². The fraction of sp³-hybridized carbons (Fsp3) is 0. The maximum atomic E-state index is 10.7. The SMILES string of the molecule is [O-][n+]1ccc2c(ccn2O)c1. The van der Waals surface area contributed by atoms with Crippen LogP contribution < -0.4 is 4.73 Å². The van der Waals surface area contributed by atoms with Gasteiger partial charge in [-0.05, 0) is 6.07 Å². The van der Waals surface area contributed by atoms with E-state index in [9.17, 15) is 5.21 Å². The van der Waals surface area contributed by atoms with Crippen LogP contribution in [-0.4, -0.2) is 9.94 Å². The fourth-order valence-corrected chi connectivity index (χ4v) is 1.05. The van der Waals surface area contributed by atoms with Crippen molar-refractivity contribution in [3.63, 3.8) is 0 Å². The molecule has 2 heterocycles. The van der Waals surface area contributed by atoms with Gasteiger partial charge in [-0.15, -0.1) is 0 Å². The van der Waals surface area contributed by atoms with Crippen molar-refractivity contribution in [3.8, 4) is 0 Å². The third kappa shape index (κ3) is 0.797. The van der Waals surface area contributed by atoms with Gasteiger partial charge < -0.3 is 10.4 Å². The zero-order valence-electron chi connectivity index (χ0n) is 5.64. The number of aromatic nitrogens is 2. The molecule has 0 atom stereocenters. The van der Waals surface area contributed by atoms with Gasteiger partial charge in [0.05, 0.1) is 10.9 Å². The number of hydrogen-bond donors (Lipinski definition) is 1. The number of hydrogen-bond acceptors (Lipinski definition) is 2. The fourth-order valence-electron chi connectivity index (χ4n) is 1.05. The maximum Gasteiger partial charge on any atom is 0.189 e. The van der Waals surface area contributed by atoms with Crippen LogP contribution in [0.2, 0.25) is 0 Å². The molecule has 0 radical (unpaired) electrons. The van der Waals surface area contributed by atoms with Crippen LogP contribution in [0.5, 0.6) is 0 Å². The molecule has 1 N–H and O–H groups in total. The van der Waals surface area contributed by atoms with Crippen LogP contribution in [0.3, 0.4) is 0 Å². The number of fused-ring (bicyclic) bond motifs is 1. The van der Waals surface area contributed by atoms with Crippen molar-refractivity contribution in [2.75, 3.05) is 0 Å². The predicted octanol–water partition coefficient (Wildman–Crippen LogP) is 0.512. The van der Waals surface area contributed by atoms with E-state index >= 15 is 0 Å². The zero-order chi connectivity index (χ0) is 7.84. The van der Waals surface area contributed by atoms with Crippen LogP contribution in [0.4, 0.5) is 0 Å². The van der Waals surface area contributed by atoms with Gasteiger partial charge in [0.2, 0.25) is 0 Å². The van der Waals surface area contributed by atoms with E-state index in [0.717, 1.165) is 10.1 Å². The second-order valence-corrected chi connectivity index (χ2v) is 2.31. The second-order valence-electron chi connectivity index (χ2n) is 2.31. The average molecular weight is 150 g/mol. The van der Waals surface area contributed by atoms with Crippen molar-refractivity contribution in [3.05, 3.63) is 35.9 Å². The molecule has 0 unspecified atom stereocenters. The minimum absolute atomic E-state index is 0.636. The van der Waals surface area contributed by atoms with E-state index in [-0.39, 0.29) is 0 Å². The molecule has 0 saturated heterocycles. The first kappa shape index (κ1) is 6.03. The molecular weight excluding hydrogens is 144 g/mol. The molecule has 0 amide bonds. The standard InChI is InChI=1S/C7H6N2O2/c10-8-3-2-7-6(5-8)1-4-9(7)11/h1-5,11H. The molecule has 2 aromatic heterocycles. The first-order valence-corrected chi connectivity index (χ1v) is 3.16. The number of pyridine rings is 1. The van der Waals surface area contributed by atoms with Gasteiger partial charge in [-0.3, -0.25) is 0 Å². The molecule has 4 nitrogen and oxygen atoms in total. The van der Waals surface area contributed by atoms with E-state index in [1.807, 2.05) is 0 Å². The Morgan fingerprint density at radius 3 is 3.09 bits per heavy atom. The minimum Gasteiger partial charge on any atom is -0.619 e. The Hall–Kier alpha value is -1.71. The molecule has 4 heteroatoms. The van der Waals surface area contributed by atoms with E-state index in [4.69, 9.17) is 5.21 Å². The highest BCUT2D eigenvalue weighted by Gasteiger charge is 2.01. The van der Waals surface area contributed by atoms with Crippen molar-refractivity contribution in [2.24, 2.45) is 0 Å². The van der Waals surface area contributed by atoms with Crippen molar-refractivity contribution < 1.29 is 9.94 Å². The Balaban J connectivity index is 2.86. The lowest BCUT2D eigenvalue weighted by molar-refractivity contribution is -0.603. The normalized spacial score (nSPS) is 10.5. The quantitative estimate of drug-likeness (QED) is 0.338. The molecular formula is C7H6N2O2. The Kier molecular flexibility index (Phi) is 1.03. The third-order valence-electron chi connectivity index (χ3n) is 1.58. The molecule has 2 aromatic rings. The summed E-state index contributed by atoms with van der Waals surface area (Å²) in [6.07, 6.45) is 4.24. The van der Waals surface area contributed by atoms with E-state index in [1.54, 1.807) is 12.1 Å². The minimum atomic E-state index is 0.636. The van der Waals surface area contributed by atoms with E-state index in [2.05, 4.69) is 0 Å². The lowest BCUT2D eigenvalue weighted by atomic mass is 10.3. The molecule has 2 rings (SSSR count). The van der Waals surface area contributed by atoms with Crippen molar-refractivity contribution in [1.29, 1.82) is 0 Å². The second kappa shape index (κ2) is 1.88. The molecule has 0 fully saturated rings. The Labute approximate surface area is 62.5 Å². The Morgan fingerprint density at radius 1 is 1.45 bits per heavy atom. The maximum absolute atomic E-state index is 10.7. The van der Waals surface area contributed by atoms with Crippen LogP contribution in [-0.2, 0) is 0 Å². The van der Waals surface area contributed by atoms with Crippen LogP contribution in [0.1, 0.15) is 0 Å². The van der Waals surface area contributed by atoms with Gasteiger partial charge in [0.15, 0.2) is 12.4 Å². The van der Waals surface area contributed by atoms with Crippen molar-refractivity contribution in [1.82, 2.24) is 4.73 Å². The third-order valence-corrected chi connectivity index (χ3v) is 1.58. The summed E-state index contributed by atoms with van der Waals surface area (Å²) in [4.78, 5) is 0. The van der Waals surface area contributed by atoms with E-state index < -0.39 is 0 Å². The summed E-state index contributed by atoms with van der Waals surface area (Å²) in [7, 11) is 0. The summed E-state index contributed by atoms with van der Waals surface area (Å²) in [5.74, 6) is 0. The first-order chi connectivity index (χ1) is 5.27. The van der Waals surface area contributed by atoms with Gasteiger partial charge >= 0.3 is 0 Å². The molecule has 0 aliphatic rings. The average Bonchev–Trinajstić information content (AvgIpc) is 2.32. The lowest BCUT2D eigenvalue weighted by Crippen LogP contribution is -2.23. The van der Waals surface area contributed by atoms with E-state index in [1.165, 1.54) is 18.6 Å². The monoisotopic (exact) mass is 150 g/mol. The topological polar surface area (TPSA) is 52.1 Å². The van der Waals surface area contributed by atoms with Crippen LogP contribution >= 0.6 is 0 Å². The van der Waals surface area contributed by atoms with Crippen molar-refractivity contribution in [2.45, 2.75) is 0 Å². The Morgan fingerprint density at radius 2 is 2.27 bits per heavy atom. The van der Waals surface area contributed by atoms with Crippen LogP contribution in [0.25, 0.3) is 10.9 Å². The van der Waals surface area contributed by atoms with Gasteiger partial charge in [0, 0.05) is 12.3 Å². The summed E-state index contributed by atoms with van der Waals surface area (Å²) in [5.41, 5.74) is 0.636. The van der Waals surface area contributed by atoms with Gasteiger partial charge in [-0.1, -0.05) is 0 Å². The first-order valence-electron chi connectivity index (χ1n) is 3.16. The molecule has 0 aliphatic heterocycles. The summed E-state index contributed by atoms with van der Waals surface area (Å²) in [5, 5.41) is 20.6. The number of nitrogens with zero attached hydrogens (tertiary/aromatic N) is 2. The molecule has 0 aliphatic carbocycles. The molecule has 56 valence electrons. The largest absolute Gasteiger partial charge is 0.619 e.